The van der Waals surface area contributed by atoms with E-state index in [2.05, 4.69) is 58.4 Å². The van der Waals surface area contributed by atoms with E-state index >= 15 is 0 Å². The lowest BCUT2D eigenvalue weighted by Gasteiger charge is -2.12. The zero-order valence-corrected chi connectivity index (χ0v) is 12.6. The maximum absolute atomic E-state index is 6.07. The Balaban J connectivity index is 1.98. The van der Waals surface area contributed by atoms with Gasteiger partial charge >= 0.3 is 0 Å². The zero-order chi connectivity index (χ0) is 12.1. The van der Waals surface area contributed by atoms with Gasteiger partial charge in [-0.1, -0.05) is 30.3 Å². The largest absolute Gasteiger partial charge is 0.133 e. The SMILES string of the molecule is ClCC(Cc1ccccc1)Cc1ccc(Br)s1. The number of alkyl halides is 1. The fourth-order valence-corrected chi connectivity index (χ4v) is 3.69. The number of halogens is 2. The van der Waals surface area contributed by atoms with E-state index in [4.69, 9.17) is 11.6 Å². The van der Waals surface area contributed by atoms with Crippen LogP contribution in [0.2, 0.25) is 0 Å². The highest BCUT2D eigenvalue weighted by molar-refractivity contribution is 9.11. The van der Waals surface area contributed by atoms with Gasteiger partial charge in [-0.05, 0) is 52.4 Å². The maximum Gasteiger partial charge on any atom is 0.0701 e. The Labute approximate surface area is 120 Å². The van der Waals surface area contributed by atoms with E-state index in [1.165, 1.54) is 14.2 Å². The molecular weight excluding hydrogens is 316 g/mol. The Hall–Kier alpha value is -0.310. The van der Waals surface area contributed by atoms with Gasteiger partial charge in [0.15, 0.2) is 0 Å². The molecule has 1 aromatic carbocycles. The summed E-state index contributed by atoms with van der Waals surface area (Å²) >= 11 is 11.4. The van der Waals surface area contributed by atoms with E-state index in [1.54, 1.807) is 11.3 Å². The van der Waals surface area contributed by atoms with Gasteiger partial charge < -0.3 is 0 Å². The van der Waals surface area contributed by atoms with Crippen LogP contribution in [0.5, 0.6) is 0 Å². The third kappa shape index (κ3) is 4.13. The van der Waals surface area contributed by atoms with Crippen LogP contribution in [0.4, 0.5) is 0 Å². The molecule has 0 fully saturated rings. The van der Waals surface area contributed by atoms with E-state index in [9.17, 15) is 0 Å². The normalized spacial score (nSPS) is 12.6. The molecule has 0 aliphatic carbocycles. The van der Waals surface area contributed by atoms with Crippen LogP contribution in [-0.4, -0.2) is 5.88 Å². The predicted octanol–water partition coefficient (Wildman–Crippen LogP) is 5.15. The van der Waals surface area contributed by atoms with E-state index < -0.39 is 0 Å². The van der Waals surface area contributed by atoms with Gasteiger partial charge in [-0.15, -0.1) is 22.9 Å². The molecule has 0 aliphatic heterocycles. The minimum absolute atomic E-state index is 0.518. The van der Waals surface area contributed by atoms with Gasteiger partial charge in [0, 0.05) is 10.8 Å². The van der Waals surface area contributed by atoms with E-state index in [0.29, 0.717) is 11.8 Å². The van der Waals surface area contributed by atoms with Crippen molar-refractivity contribution < 1.29 is 0 Å². The number of hydrogen-bond donors (Lipinski definition) is 0. The summed E-state index contributed by atoms with van der Waals surface area (Å²) in [6, 6.07) is 14.8. The Bertz CT molecular complexity index is 452. The molecule has 0 spiro atoms. The number of thiophene rings is 1. The Morgan fingerprint density at radius 3 is 2.41 bits per heavy atom. The van der Waals surface area contributed by atoms with Crippen molar-refractivity contribution in [3.63, 3.8) is 0 Å². The number of rotatable bonds is 5. The monoisotopic (exact) mass is 328 g/mol. The Kier molecular flexibility index (Phi) is 5.08. The van der Waals surface area contributed by atoms with Crippen LogP contribution >= 0.6 is 38.9 Å². The molecular formula is C14H14BrClS. The second-order valence-electron chi connectivity index (χ2n) is 4.12. The maximum atomic E-state index is 6.07. The van der Waals surface area contributed by atoms with Crippen LogP contribution < -0.4 is 0 Å². The molecule has 0 radical (unpaired) electrons. The molecule has 0 nitrogen and oxygen atoms in total. The van der Waals surface area contributed by atoms with E-state index in [1.807, 2.05) is 0 Å². The highest BCUT2D eigenvalue weighted by atomic mass is 79.9. The van der Waals surface area contributed by atoms with Crippen molar-refractivity contribution in [2.45, 2.75) is 12.8 Å². The number of hydrogen-bond acceptors (Lipinski definition) is 1. The van der Waals surface area contributed by atoms with Crippen LogP contribution in [0.3, 0.4) is 0 Å². The average Bonchev–Trinajstić information content (AvgIpc) is 2.75. The molecule has 3 heteroatoms. The molecule has 0 aliphatic rings. The standard InChI is InChI=1S/C14H14BrClS/c15-14-7-6-13(17-14)9-12(10-16)8-11-4-2-1-3-5-11/h1-7,12H,8-10H2. The second-order valence-corrected chi connectivity index (χ2v) is 6.98. The summed E-state index contributed by atoms with van der Waals surface area (Å²) in [5.41, 5.74) is 1.37. The van der Waals surface area contributed by atoms with Crippen molar-refractivity contribution in [1.82, 2.24) is 0 Å². The molecule has 0 N–H and O–H groups in total. The van der Waals surface area contributed by atoms with Gasteiger partial charge in [0.25, 0.3) is 0 Å². The molecule has 2 rings (SSSR count). The predicted molar refractivity (Wildman–Crippen MR) is 80.1 cm³/mol. The summed E-state index contributed by atoms with van der Waals surface area (Å²) < 4.78 is 1.19. The summed E-state index contributed by atoms with van der Waals surface area (Å²) in [4.78, 5) is 1.40. The molecule has 0 saturated heterocycles. The van der Waals surface area contributed by atoms with Gasteiger partial charge in [-0.25, -0.2) is 0 Å². The summed E-state index contributed by atoms with van der Waals surface area (Å²) in [6.45, 7) is 0. The first kappa shape index (κ1) is 13.1. The van der Waals surface area contributed by atoms with Gasteiger partial charge in [0.2, 0.25) is 0 Å². The zero-order valence-electron chi connectivity index (χ0n) is 9.40. The van der Waals surface area contributed by atoms with Crippen LogP contribution in [0.15, 0.2) is 46.3 Å². The van der Waals surface area contributed by atoms with Crippen LogP contribution in [0.1, 0.15) is 10.4 Å². The summed E-state index contributed by atoms with van der Waals surface area (Å²) in [5, 5.41) is 0. The van der Waals surface area contributed by atoms with Crippen molar-refractivity contribution in [2.75, 3.05) is 5.88 Å². The van der Waals surface area contributed by atoms with Crippen molar-refractivity contribution >= 4 is 38.9 Å². The van der Waals surface area contributed by atoms with Gasteiger partial charge in [-0.3, -0.25) is 0 Å². The first-order valence-corrected chi connectivity index (χ1v) is 7.76. The highest BCUT2D eigenvalue weighted by Gasteiger charge is 2.11. The van der Waals surface area contributed by atoms with Crippen molar-refractivity contribution in [3.8, 4) is 0 Å². The molecule has 90 valence electrons. The second kappa shape index (κ2) is 6.58. The lowest BCUT2D eigenvalue weighted by molar-refractivity contribution is 0.589. The van der Waals surface area contributed by atoms with Crippen molar-refractivity contribution in [3.05, 3.63) is 56.7 Å². The third-order valence-electron chi connectivity index (χ3n) is 2.70. The average molecular weight is 330 g/mol. The van der Waals surface area contributed by atoms with Crippen molar-refractivity contribution in [1.29, 1.82) is 0 Å². The fourth-order valence-electron chi connectivity index (χ4n) is 1.87. The highest BCUT2D eigenvalue weighted by Crippen LogP contribution is 2.26. The molecule has 0 bridgehead atoms. The minimum Gasteiger partial charge on any atom is -0.133 e. The molecule has 1 atom stereocenters. The van der Waals surface area contributed by atoms with Crippen molar-refractivity contribution in [2.24, 2.45) is 5.92 Å². The summed E-state index contributed by atoms with van der Waals surface area (Å²) in [5.74, 6) is 1.23. The quantitative estimate of drug-likeness (QED) is 0.665. The topological polar surface area (TPSA) is 0 Å². The van der Waals surface area contributed by atoms with Crippen LogP contribution in [0, 0.1) is 5.92 Å². The molecule has 1 aromatic heterocycles. The third-order valence-corrected chi connectivity index (χ3v) is 4.79. The minimum atomic E-state index is 0.518. The molecule has 17 heavy (non-hydrogen) atoms. The lowest BCUT2D eigenvalue weighted by Crippen LogP contribution is -2.09. The Morgan fingerprint density at radius 1 is 1.06 bits per heavy atom. The van der Waals surface area contributed by atoms with Gasteiger partial charge in [0.05, 0.1) is 3.79 Å². The first-order valence-electron chi connectivity index (χ1n) is 5.62. The fraction of sp³-hybridized carbons (Fsp3) is 0.286. The molecule has 2 aromatic rings. The van der Waals surface area contributed by atoms with Crippen LogP contribution in [-0.2, 0) is 12.8 Å². The smallest absolute Gasteiger partial charge is 0.0701 e. The summed E-state index contributed by atoms with van der Waals surface area (Å²) in [7, 11) is 0. The molecule has 0 amide bonds. The van der Waals surface area contributed by atoms with E-state index in [-0.39, 0.29) is 0 Å². The first-order chi connectivity index (χ1) is 8.28. The van der Waals surface area contributed by atoms with E-state index in [0.717, 1.165) is 12.8 Å². The van der Waals surface area contributed by atoms with Crippen LogP contribution in [0.25, 0.3) is 0 Å². The van der Waals surface area contributed by atoms with Gasteiger partial charge in [0.1, 0.15) is 0 Å². The Morgan fingerprint density at radius 2 is 1.82 bits per heavy atom. The summed E-state index contributed by atoms with van der Waals surface area (Å²) in [6.07, 6.45) is 2.12. The number of benzene rings is 1. The molecule has 1 heterocycles. The molecule has 1 unspecified atom stereocenters. The molecule has 0 saturated carbocycles. The lowest BCUT2D eigenvalue weighted by atomic mass is 9.97. The van der Waals surface area contributed by atoms with Gasteiger partial charge in [-0.2, -0.15) is 0 Å².